The Morgan fingerprint density at radius 2 is 1.96 bits per heavy atom. The van der Waals surface area contributed by atoms with Crippen LogP contribution >= 0.6 is 23.4 Å². The van der Waals surface area contributed by atoms with Gasteiger partial charge in [-0.2, -0.15) is 0 Å². The molecule has 1 saturated heterocycles. The Morgan fingerprint density at radius 1 is 1.25 bits per heavy atom. The quantitative estimate of drug-likeness (QED) is 0.726. The van der Waals surface area contributed by atoms with E-state index in [1.807, 2.05) is 0 Å². The minimum absolute atomic E-state index is 0.0360. The number of carbonyl (C=O) groups excluding carboxylic acids is 2. The molecule has 1 aromatic carbocycles. The van der Waals surface area contributed by atoms with Crippen LogP contribution in [0.25, 0.3) is 0 Å². The predicted octanol–water partition coefficient (Wildman–Crippen LogP) is 3.61. The number of amidine groups is 1. The molecular formula is C19H24ClN3O4S. The van der Waals surface area contributed by atoms with Crippen molar-refractivity contribution in [2.24, 2.45) is 4.99 Å². The Bertz CT molecular complexity index is 781. The average molecular weight is 426 g/mol. The van der Waals surface area contributed by atoms with E-state index in [0.717, 1.165) is 12.8 Å². The van der Waals surface area contributed by atoms with Crippen molar-refractivity contribution < 1.29 is 19.1 Å². The fourth-order valence-electron chi connectivity index (χ4n) is 3.30. The summed E-state index contributed by atoms with van der Waals surface area (Å²) in [5, 5.41) is 6.08. The second-order valence-corrected chi connectivity index (χ2v) is 8.36. The van der Waals surface area contributed by atoms with Gasteiger partial charge in [0.05, 0.1) is 31.0 Å². The van der Waals surface area contributed by atoms with E-state index in [1.165, 1.54) is 45.2 Å². The number of nitrogens with one attached hydrogen (secondary N) is 2. The van der Waals surface area contributed by atoms with Crippen LogP contribution in [0.4, 0.5) is 5.69 Å². The summed E-state index contributed by atoms with van der Waals surface area (Å²) in [7, 11) is 2.98. The highest BCUT2D eigenvalue weighted by Gasteiger charge is 2.33. The molecule has 0 aromatic heterocycles. The number of amides is 2. The zero-order valence-electron chi connectivity index (χ0n) is 15.9. The van der Waals surface area contributed by atoms with Crippen molar-refractivity contribution in [3.63, 3.8) is 0 Å². The number of thioether (sulfide) groups is 1. The molecule has 1 aliphatic heterocycles. The third-order valence-corrected chi connectivity index (χ3v) is 6.16. The van der Waals surface area contributed by atoms with Gasteiger partial charge in [-0.15, -0.1) is 0 Å². The molecule has 0 spiro atoms. The van der Waals surface area contributed by atoms with Crippen molar-refractivity contribution in [2.45, 2.75) is 49.8 Å². The number of rotatable bonds is 6. The molecule has 0 bridgehead atoms. The summed E-state index contributed by atoms with van der Waals surface area (Å²) in [6.07, 6.45) is 5.76. The van der Waals surface area contributed by atoms with Crippen LogP contribution in [0, 0.1) is 0 Å². The molecule has 1 atom stereocenters. The average Bonchev–Trinajstić information content (AvgIpc) is 3.02. The number of halogens is 1. The van der Waals surface area contributed by atoms with Crippen LogP contribution in [-0.2, 0) is 9.59 Å². The van der Waals surface area contributed by atoms with Gasteiger partial charge in [-0.25, -0.2) is 0 Å². The first-order valence-corrected chi connectivity index (χ1v) is 10.5. The second kappa shape index (κ2) is 9.52. The number of nitrogens with zero attached hydrogens (tertiary/aromatic N) is 1. The maximum Gasteiger partial charge on any atom is 0.240 e. The van der Waals surface area contributed by atoms with Gasteiger partial charge in [0.1, 0.15) is 16.7 Å². The third-order valence-electron chi connectivity index (χ3n) is 4.77. The highest BCUT2D eigenvalue weighted by atomic mass is 35.5. The Hall–Kier alpha value is -1.93. The molecule has 0 unspecified atom stereocenters. The molecule has 3 rings (SSSR count). The van der Waals surface area contributed by atoms with Gasteiger partial charge in [-0.3, -0.25) is 14.6 Å². The van der Waals surface area contributed by atoms with Crippen LogP contribution in [0.1, 0.15) is 38.5 Å². The van der Waals surface area contributed by atoms with Crippen LogP contribution in [0.2, 0.25) is 5.02 Å². The molecule has 2 aliphatic rings. The first-order valence-electron chi connectivity index (χ1n) is 9.27. The number of methoxy groups -OCH3 is 2. The smallest absolute Gasteiger partial charge is 0.240 e. The Kier molecular flexibility index (Phi) is 7.07. The van der Waals surface area contributed by atoms with Gasteiger partial charge in [-0.05, 0) is 12.8 Å². The zero-order valence-corrected chi connectivity index (χ0v) is 17.5. The minimum Gasteiger partial charge on any atom is -0.495 e. The molecule has 7 nitrogen and oxygen atoms in total. The third kappa shape index (κ3) is 5.11. The van der Waals surface area contributed by atoms with E-state index in [2.05, 4.69) is 15.6 Å². The van der Waals surface area contributed by atoms with Crippen molar-refractivity contribution >= 4 is 46.0 Å². The largest absolute Gasteiger partial charge is 0.495 e. The van der Waals surface area contributed by atoms with Crippen molar-refractivity contribution in [1.29, 1.82) is 0 Å². The van der Waals surface area contributed by atoms with Gasteiger partial charge in [0.2, 0.25) is 11.8 Å². The molecule has 28 heavy (non-hydrogen) atoms. The Morgan fingerprint density at radius 3 is 2.64 bits per heavy atom. The van der Waals surface area contributed by atoms with Crippen LogP contribution in [0.15, 0.2) is 17.1 Å². The van der Waals surface area contributed by atoms with Crippen molar-refractivity contribution in [3.8, 4) is 11.5 Å². The lowest BCUT2D eigenvalue weighted by atomic mass is 9.96. The Labute approximate surface area is 173 Å². The van der Waals surface area contributed by atoms with Crippen LogP contribution < -0.4 is 20.1 Å². The molecule has 1 aliphatic carbocycles. The molecule has 2 fully saturated rings. The van der Waals surface area contributed by atoms with Crippen molar-refractivity contribution in [3.05, 3.63) is 17.2 Å². The number of ether oxygens (including phenoxy) is 2. The zero-order chi connectivity index (χ0) is 20.1. The van der Waals surface area contributed by atoms with E-state index in [-0.39, 0.29) is 24.3 Å². The van der Waals surface area contributed by atoms with E-state index in [0.29, 0.717) is 27.4 Å². The first kappa shape index (κ1) is 20.8. The van der Waals surface area contributed by atoms with Crippen LogP contribution in [0.3, 0.4) is 0 Å². The molecule has 1 aromatic rings. The van der Waals surface area contributed by atoms with Crippen LogP contribution in [-0.4, -0.2) is 42.5 Å². The molecule has 1 saturated carbocycles. The molecule has 0 radical (unpaired) electrons. The predicted molar refractivity (Wildman–Crippen MR) is 112 cm³/mol. The number of carbonyl (C=O) groups is 2. The summed E-state index contributed by atoms with van der Waals surface area (Å²) < 4.78 is 10.4. The second-order valence-electron chi connectivity index (χ2n) is 6.76. The highest BCUT2D eigenvalue weighted by Crippen LogP contribution is 2.36. The van der Waals surface area contributed by atoms with Gasteiger partial charge >= 0.3 is 0 Å². The lowest BCUT2D eigenvalue weighted by molar-refractivity contribution is -0.122. The normalized spacial score (nSPS) is 21.5. The van der Waals surface area contributed by atoms with Crippen molar-refractivity contribution in [2.75, 3.05) is 19.5 Å². The first-order chi connectivity index (χ1) is 13.5. The summed E-state index contributed by atoms with van der Waals surface area (Å²) in [4.78, 5) is 29.4. The summed E-state index contributed by atoms with van der Waals surface area (Å²) in [6, 6.07) is 3.44. The molecule has 1 heterocycles. The molecule has 152 valence electrons. The number of anilines is 1. The lowest BCUT2D eigenvalue weighted by Gasteiger charge is -2.17. The fraction of sp³-hybridized carbons (Fsp3) is 0.526. The standard InChI is InChI=1S/C19H24ClN3O4S/c1-26-14-9-13(15(27-2)8-12(14)20)22-17(24)10-16-18(25)23-19(28-16)21-11-6-4-3-5-7-11/h8-9,11,16H,3-7,10H2,1-2H3,(H,22,24)(H,21,23,25)/t16-/m0/s1. The minimum atomic E-state index is -0.498. The van der Waals surface area contributed by atoms with E-state index in [1.54, 1.807) is 12.1 Å². The van der Waals surface area contributed by atoms with Gasteiger partial charge in [0.25, 0.3) is 0 Å². The summed E-state index contributed by atoms with van der Waals surface area (Å²) in [6.45, 7) is 0. The SMILES string of the molecule is COc1cc(NC(=O)C[C@@H]2SC(=NC3CCCCC3)NC2=O)c(OC)cc1Cl. The topological polar surface area (TPSA) is 89.0 Å². The van der Waals surface area contributed by atoms with Crippen LogP contribution in [0.5, 0.6) is 11.5 Å². The summed E-state index contributed by atoms with van der Waals surface area (Å²) in [5.74, 6) is 0.361. The molecular weight excluding hydrogens is 402 g/mol. The number of hydrogen-bond donors (Lipinski definition) is 2. The molecule has 9 heteroatoms. The Balaban J connectivity index is 1.62. The summed E-state index contributed by atoms with van der Waals surface area (Å²) >= 11 is 7.41. The van der Waals surface area contributed by atoms with Gasteiger partial charge in [0, 0.05) is 18.6 Å². The van der Waals surface area contributed by atoms with E-state index >= 15 is 0 Å². The number of hydrogen-bond acceptors (Lipinski definition) is 6. The monoisotopic (exact) mass is 425 g/mol. The van der Waals surface area contributed by atoms with Crippen molar-refractivity contribution in [1.82, 2.24) is 5.32 Å². The number of benzene rings is 1. The van der Waals surface area contributed by atoms with E-state index < -0.39 is 5.25 Å². The summed E-state index contributed by atoms with van der Waals surface area (Å²) in [5.41, 5.74) is 0.438. The van der Waals surface area contributed by atoms with Gasteiger partial charge in [0.15, 0.2) is 5.17 Å². The highest BCUT2D eigenvalue weighted by molar-refractivity contribution is 8.15. The maximum absolute atomic E-state index is 12.5. The molecule has 2 N–H and O–H groups in total. The van der Waals surface area contributed by atoms with Gasteiger partial charge in [-0.1, -0.05) is 42.6 Å². The fourth-order valence-corrected chi connectivity index (χ4v) is 4.57. The number of aliphatic imine (C=N–C) groups is 1. The lowest BCUT2D eigenvalue weighted by Crippen LogP contribution is -2.28. The van der Waals surface area contributed by atoms with Gasteiger partial charge < -0.3 is 20.1 Å². The van der Waals surface area contributed by atoms with E-state index in [4.69, 9.17) is 21.1 Å². The van der Waals surface area contributed by atoms with E-state index in [9.17, 15) is 9.59 Å². The maximum atomic E-state index is 12.5. The molecule has 2 amide bonds.